The van der Waals surface area contributed by atoms with Gasteiger partial charge in [-0.25, -0.2) is 8.51 Å². The van der Waals surface area contributed by atoms with E-state index in [9.17, 15) is 13.6 Å². The van der Waals surface area contributed by atoms with Crippen LogP contribution in [0.2, 0.25) is 0 Å². The highest BCUT2D eigenvalue weighted by Crippen LogP contribution is 2.31. The first-order valence-corrected chi connectivity index (χ1v) is 10.3. The van der Waals surface area contributed by atoms with Crippen LogP contribution in [0.1, 0.15) is 34.0 Å². The molecule has 8 heteroatoms. The van der Waals surface area contributed by atoms with E-state index < -0.39 is 11.3 Å². The first-order chi connectivity index (χ1) is 13.9. The number of carbonyl (C=O) groups excluding carboxylic acids is 1. The van der Waals surface area contributed by atoms with Crippen LogP contribution in [-0.2, 0) is 31.3 Å². The Morgan fingerprint density at radius 3 is 2.55 bits per heavy atom. The van der Waals surface area contributed by atoms with Crippen molar-refractivity contribution in [2.75, 3.05) is 4.31 Å². The van der Waals surface area contributed by atoms with E-state index in [1.165, 1.54) is 4.31 Å². The Kier molecular flexibility index (Phi) is 6.46. The summed E-state index contributed by atoms with van der Waals surface area (Å²) >= 11 is -2.29. The van der Waals surface area contributed by atoms with Gasteiger partial charge in [0.25, 0.3) is 17.2 Å². The van der Waals surface area contributed by atoms with Gasteiger partial charge in [-0.05, 0) is 43.2 Å². The Morgan fingerprint density at radius 2 is 1.97 bits per heavy atom. The monoisotopic (exact) mass is 412 g/mol. The number of hydrogen-bond acceptors (Lipinski definition) is 3. The third kappa shape index (κ3) is 4.90. The van der Waals surface area contributed by atoms with Crippen molar-refractivity contribution in [1.82, 2.24) is 15.1 Å². The molecule has 1 amide bonds. The Hall–Kier alpha value is -2.97. The zero-order chi connectivity index (χ0) is 21.0. The van der Waals surface area contributed by atoms with Crippen molar-refractivity contribution < 1.29 is 13.6 Å². The van der Waals surface area contributed by atoms with Gasteiger partial charge in [-0.2, -0.15) is 5.10 Å². The number of carbonyl (C=O) groups is 1. The Morgan fingerprint density at radius 1 is 1.24 bits per heavy atom. The van der Waals surface area contributed by atoms with Crippen molar-refractivity contribution in [2.24, 2.45) is 7.05 Å². The van der Waals surface area contributed by atoms with Crippen molar-refractivity contribution in [2.45, 2.75) is 26.8 Å². The maximum atomic E-state index is 12.7. The maximum absolute atomic E-state index is 12.7. The topological polar surface area (TPSA) is 87.5 Å². The number of benzene rings is 2. The molecule has 0 aliphatic heterocycles. The highest BCUT2D eigenvalue weighted by Gasteiger charge is 2.20. The summed E-state index contributed by atoms with van der Waals surface area (Å²) in [5.74, 6) is -0.259. The van der Waals surface area contributed by atoms with E-state index in [2.05, 4.69) is 10.4 Å². The number of nitrogens with one attached hydrogen (secondary N) is 1. The van der Waals surface area contributed by atoms with Gasteiger partial charge in [-0.15, -0.1) is 0 Å². The molecule has 0 fully saturated rings. The number of anilines is 2. The minimum atomic E-state index is -2.29. The molecule has 0 spiro atoms. The van der Waals surface area contributed by atoms with Crippen LogP contribution in [0, 0.1) is 6.92 Å². The summed E-state index contributed by atoms with van der Waals surface area (Å²) in [6.45, 7) is 4.27. The molecule has 0 radical (unpaired) electrons. The van der Waals surface area contributed by atoms with Crippen LogP contribution in [0.25, 0.3) is 0 Å². The van der Waals surface area contributed by atoms with Gasteiger partial charge in [-0.1, -0.05) is 30.7 Å². The Labute approximate surface area is 172 Å². The lowest BCUT2D eigenvalue weighted by Gasteiger charge is -2.23. The highest BCUT2D eigenvalue weighted by atomic mass is 32.2. The smallest absolute Gasteiger partial charge is 0.266 e. The van der Waals surface area contributed by atoms with Gasteiger partial charge in [0.15, 0.2) is 0 Å². The summed E-state index contributed by atoms with van der Waals surface area (Å²) < 4.78 is 25.2. The third-order valence-electron chi connectivity index (χ3n) is 4.58. The molecule has 29 heavy (non-hydrogen) atoms. The van der Waals surface area contributed by atoms with E-state index in [1.807, 2.05) is 45.3 Å². The predicted octanol–water partition coefficient (Wildman–Crippen LogP) is 3.50. The molecule has 1 heterocycles. The predicted molar refractivity (Wildman–Crippen MR) is 114 cm³/mol. The standard InChI is InChI=1S/C21H24N4O3S/c1-4-17-7-8-18(21(26)22-12-16-13-23-24(3)14-16)11-20(17)25(29(27)28)19-9-5-15(2)6-10-19/h5-11,13-14H,4,12H2,1-3H3,(H,22,26)(H,27,28). The van der Waals surface area contributed by atoms with Crippen LogP contribution in [0.15, 0.2) is 54.9 Å². The summed E-state index contributed by atoms with van der Waals surface area (Å²) in [6.07, 6.45) is 4.19. The van der Waals surface area contributed by atoms with Gasteiger partial charge in [0.2, 0.25) is 0 Å². The summed E-state index contributed by atoms with van der Waals surface area (Å²) in [6, 6.07) is 12.6. The van der Waals surface area contributed by atoms with Crippen LogP contribution >= 0.6 is 0 Å². The van der Waals surface area contributed by atoms with Crippen molar-refractivity contribution in [1.29, 1.82) is 0 Å². The van der Waals surface area contributed by atoms with E-state index in [-0.39, 0.29) is 5.91 Å². The molecule has 0 saturated heterocycles. The summed E-state index contributed by atoms with van der Waals surface area (Å²) in [4.78, 5) is 12.7. The van der Waals surface area contributed by atoms with Crippen LogP contribution in [0.5, 0.6) is 0 Å². The first-order valence-electron chi connectivity index (χ1n) is 9.25. The highest BCUT2D eigenvalue weighted by molar-refractivity contribution is 7.81. The molecule has 3 aromatic rings. The molecule has 0 bridgehead atoms. The van der Waals surface area contributed by atoms with E-state index in [1.54, 1.807) is 35.1 Å². The fraction of sp³-hybridized carbons (Fsp3) is 0.238. The number of rotatable bonds is 7. The lowest BCUT2D eigenvalue weighted by molar-refractivity contribution is 0.0951. The van der Waals surface area contributed by atoms with Crippen molar-refractivity contribution in [3.05, 3.63) is 77.1 Å². The van der Waals surface area contributed by atoms with Gasteiger partial charge in [-0.3, -0.25) is 14.0 Å². The molecule has 0 saturated carbocycles. The Balaban J connectivity index is 1.91. The first kappa shape index (κ1) is 20.8. The quantitative estimate of drug-likeness (QED) is 0.582. The molecular formula is C21H24N4O3S. The zero-order valence-electron chi connectivity index (χ0n) is 16.6. The van der Waals surface area contributed by atoms with E-state index in [4.69, 9.17) is 0 Å². The molecule has 2 N–H and O–H groups in total. The van der Waals surface area contributed by atoms with Crippen molar-refractivity contribution >= 4 is 28.5 Å². The molecule has 0 aliphatic carbocycles. The summed E-state index contributed by atoms with van der Waals surface area (Å²) in [5, 5.41) is 6.94. The zero-order valence-corrected chi connectivity index (χ0v) is 17.4. The van der Waals surface area contributed by atoms with Crippen LogP contribution in [0.4, 0.5) is 11.4 Å². The maximum Gasteiger partial charge on any atom is 0.266 e. The number of nitrogens with zero attached hydrogens (tertiary/aromatic N) is 3. The summed E-state index contributed by atoms with van der Waals surface area (Å²) in [5.41, 5.74) is 4.35. The molecule has 152 valence electrons. The van der Waals surface area contributed by atoms with Crippen molar-refractivity contribution in [3.63, 3.8) is 0 Å². The summed E-state index contributed by atoms with van der Waals surface area (Å²) in [7, 11) is 1.82. The number of amides is 1. The van der Waals surface area contributed by atoms with Gasteiger partial charge in [0.1, 0.15) is 0 Å². The second-order valence-electron chi connectivity index (χ2n) is 6.76. The van der Waals surface area contributed by atoms with Gasteiger partial charge in [0, 0.05) is 30.9 Å². The number of hydrogen-bond donors (Lipinski definition) is 2. The molecule has 3 rings (SSSR count). The third-order valence-corrected chi connectivity index (χ3v) is 5.30. The van der Waals surface area contributed by atoms with E-state index >= 15 is 0 Å². The second-order valence-corrected chi connectivity index (χ2v) is 7.59. The van der Waals surface area contributed by atoms with Crippen LogP contribution < -0.4 is 9.62 Å². The molecule has 7 nitrogen and oxygen atoms in total. The lowest BCUT2D eigenvalue weighted by atomic mass is 10.1. The Bertz CT molecular complexity index is 1030. The number of aromatic nitrogens is 2. The molecule has 1 atom stereocenters. The van der Waals surface area contributed by atoms with Crippen LogP contribution in [-0.4, -0.2) is 24.4 Å². The molecule has 1 unspecified atom stereocenters. The minimum absolute atomic E-state index is 0.259. The average molecular weight is 413 g/mol. The van der Waals surface area contributed by atoms with Crippen molar-refractivity contribution in [3.8, 4) is 0 Å². The fourth-order valence-corrected chi connectivity index (χ4v) is 3.67. The largest absolute Gasteiger partial charge is 0.348 e. The van der Waals surface area contributed by atoms with Gasteiger partial charge < -0.3 is 5.32 Å². The number of aryl methyl sites for hydroxylation is 3. The minimum Gasteiger partial charge on any atom is -0.348 e. The average Bonchev–Trinajstić information content (AvgIpc) is 3.12. The fourth-order valence-electron chi connectivity index (χ4n) is 3.03. The lowest BCUT2D eigenvalue weighted by Crippen LogP contribution is -2.24. The van der Waals surface area contributed by atoms with Gasteiger partial charge >= 0.3 is 0 Å². The molecule has 2 aromatic carbocycles. The normalized spacial score (nSPS) is 11.9. The second kappa shape index (κ2) is 9.02. The van der Waals surface area contributed by atoms with Crippen LogP contribution in [0.3, 0.4) is 0 Å². The molecule has 1 aromatic heterocycles. The SMILES string of the molecule is CCc1ccc(C(=O)NCc2cnn(C)c2)cc1N(c1ccc(C)cc1)S(=O)O. The van der Waals surface area contributed by atoms with E-state index in [0.717, 1.165) is 16.7 Å². The molecular weight excluding hydrogens is 388 g/mol. The molecule has 0 aliphatic rings. The van der Waals surface area contributed by atoms with E-state index in [0.29, 0.717) is 29.9 Å². The van der Waals surface area contributed by atoms with Gasteiger partial charge in [0.05, 0.1) is 17.6 Å².